The van der Waals surface area contributed by atoms with Crippen LogP contribution in [0.15, 0.2) is 0 Å². The Kier molecular flexibility index (Phi) is 3.34. The lowest BCUT2D eigenvalue weighted by molar-refractivity contribution is 0.0913. The molecule has 0 amide bonds. The van der Waals surface area contributed by atoms with Crippen LogP contribution in [-0.2, 0) is 4.74 Å². The molecule has 2 N–H and O–H groups in total. The van der Waals surface area contributed by atoms with Gasteiger partial charge in [0.25, 0.3) is 0 Å². The molecule has 1 fully saturated rings. The zero-order valence-corrected chi connectivity index (χ0v) is 7.55. The van der Waals surface area contributed by atoms with E-state index in [1.165, 1.54) is 6.42 Å². The van der Waals surface area contributed by atoms with Gasteiger partial charge < -0.3 is 10.5 Å². The van der Waals surface area contributed by atoms with E-state index in [4.69, 9.17) is 10.5 Å². The van der Waals surface area contributed by atoms with Crippen molar-refractivity contribution >= 4 is 0 Å². The maximum absolute atomic E-state index is 5.50. The van der Waals surface area contributed by atoms with Gasteiger partial charge in [0.2, 0.25) is 0 Å². The van der Waals surface area contributed by atoms with Crippen LogP contribution in [0.25, 0.3) is 0 Å². The van der Waals surface area contributed by atoms with Gasteiger partial charge >= 0.3 is 0 Å². The Morgan fingerprint density at radius 3 is 2.82 bits per heavy atom. The molecule has 0 radical (unpaired) electrons. The van der Waals surface area contributed by atoms with Crippen LogP contribution in [0.1, 0.15) is 26.7 Å². The van der Waals surface area contributed by atoms with Gasteiger partial charge in [-0.25, -0.2) is 0 Å². The van der Waals surface area contributed by atoms with Crippen LogP contribution in [0.4, 0.5) is 0 Å². The molecule has 2 heteroatoms. The van der Waals surface area contributed by atoms with Crippen molar-refractivity contribution in [3.63, 3.8) is 0 Å². The second-order valence-corrected chi connectivity index (χ2v) is 3.58. The highest BCUT2D eigenvalue weighted by molar-refractivity contribution is 4.77. The van der Waals surface area contributed by atoms with E-state index in [0.717, 1.165) is 31.4 Å². The molecule has 66 valence electrons. The molecule has 0 aromatic heterocycles. The quantitative estimate of drug-likeness (QED) is 0.672. The monoisotopic (exact) mass is 157 g/mol. The molecule has 1 rings (SSSR count). The van der Waals surface area contributed by atoms with Crippen LogP contribution >= 0.6 is 0 Å². The van der Waals surface area contributed by atoms with Gasteiger partial charge in [0.15, 0.2) is 0 Å². The van der Waals surface area contributed by atoms with Gasteiger partial charge in [-0.1, -0.05) is 6.92 Å². The molecule has 0 bridgehead atoms. The van der Waals surface area contributed by atoms with Gasteiger partial charge in [0.1, 0.15) is 0 Å². The zero-order valence-electron chi connectivity index (χ0n) is 7.55. The third-order valence-electron chi connectivity index (χ3n) is 2.79. The van der Waals surface area contributed by atoms with Crippen molar-refractivity contribution in [1.82, 2.24) is 0 Å². The Morgan fingerprint density at radius 2 is 2.36 bits per heavy atom. The van der Waals surface area contributed by atoms with Crippen molar-refractivity contribution in [1.29, 1.82) is 0 Å². The van der Waals surface area contributed by atoms with Gasteiger partial charge in [0.05, 0.1) is 6.10 Å². The third kappa shape index (κ3) is 2.17. The molecule has 1 aliphatic rings. The van der Waals surface area contributed by atoms with E-state index < -0.39 is 0 Å². The Hall–Kier alpha value is -0.0800. The molecule has 3 unspecified atom stereocenters. The van der Waals surface area contributed by atoms with Crippen LogP contribution in [0.2, 0.25) is 0 Å². The minimum absolute atomic E-state index is 0.455. The number of rotatable bonds is 3. The van der Waals surface area contributed by atoms with Gasteiger partial charge in [-0.3, -0.25) is 0 Å². The second kappa shape index (κ2) is 4.07. The minimum atomic E-state index is 0.455. The number of hydrogen-bond donors (Lipinski definition) is 1. The molecule has 0 aliphatic carbocycles. The van der Waals surface area contributed by atoms with Crippen molar-refractivity contribution in [3.8, 4) is 0 Å². The summed E-state index contributed by atoms with van der Waals surface area (Å²) >= 11 is 0. The predicted octanol–water partition coefficient (Wildman–Crippen LogP) is 1.40. The summed E-state index contributed by atoms with van der Waals surface area (Å²) in [4.78, 5) is 0. The van der Waals surface area contributed by atoms with Crippen LogP contribution in [0.3, 0.4) is 0 Å². The molecule has 1 aliphatic heterocycles. The Labute approximate surface area is 69.1 Å². The lowest BCUT2D eigenvalue weighted by Crippen LogP contribution is -2.21. The lowest BCUT2D eigenvalue weighted by Gasteiger charge is -2.20. The molecule has 0 saturated carbocycles. The summed E-state index contributed by atoms with van der Waals surface area (Å²) < 4.78 is 5.49. The van der Waals surface area contributed by atoms with E-state index in [2.05, 4.69) is 13.8 Å². The van der Waals surface area contributed by atoms with Crippen molar-refractivity contribution in [3.05, 3.63) is 0 Å². The molecule has 0 spiro atoms. The second-order valence-electron chi connectivity index (χ2n) is 3.58. The molecule has 1 heterocycles. The molecule has 2 nitrogen and oxygen atoms in total. The van der Waals surface area contributed by atoms with Gasteiger partial charge in [-0.15, -0.1) is 0 Å². The smallest absolute Gasteiger partial charge is 0.0578 e. The zero-order chi connectivity index (χ0) is 8.27. The number of nitrogens with two attached hydrogens (primary N) is 1. The summed E-state index contributed by atoms with van der Waals surface area (Å²) in [6.45, 7) is 6.21. The first-order chi connectivity index (χ1) is 5.25. The highest BCUT2D eigenvalue weighted by Gasteiger charge is 2.28. The fraction of sp³-hybridized carbons (Fsp3) is 1.00. The standard InChI is InChI=1S/C9H19NO/c1-7(3-5-10)9-4-6-11-8(9)2/h7-9H,3-6,10H2,1-2H3. The van der Waals surface area contributed by atoms with E-state index in [1.54, 1.807) is 0 Å². The molecule has 11 heavy (non-hydrogen) atoms. The van der Waals surface area contributed by atoms with Crippen molar-refractivity contribution in [2.45, 2.75) is 32.8 Å². The van der Waals surface area contributed by atoms with Crippen LogP contribution in [0.5, 0.6) is 0 Å². The van der Waals surface area contributed by atoms with E-state index in [-0.39, 0.29) is 0 Å². The molecule has 0 aromatic rings. The minimum Gasteiger partial charge on any atom is -0.378 e. The number of ether oxygens (including phenoxy) is 1. The fourth-order valence-corrected chi connectivity index (χ4v) is 1.97. The average molecular weight is 157 g/mol. The molecule has 0 aromatic carbocycles. The first-order valence-corrected chi connectivity index (χ1v) is 4.57. The average Bonchev–Trinajstić information content (AvgIpc) is 2.36. The van der Waals surface area contributed by atoms with Crippen LogP contribution in [-0.4, -0.2) is 19.3 Å². The predicted molar refractivity (Wildman–Crippen MR) is 46.4 cm³/mol. The topological polar surface area (TPSA) is 35.2 Å². The highest BCUT2D eigenvalue weighted by Crippen LogP contribution is 2.29. The number of hydrogen-bond acceptors (Lipinski definition) is 2. The molecule has 1 saturated heterocycles. The van der Waals surface area contributed by atoms with Crippen LogP contribution in [0, 0.1) is 11.8 Å². The maximum Gasteiger partial charge on any atom is 0.0578 e. The summed E-state index contributed by atoms with van der Waals surface area (Å²) in [5.74, 6) is 1.48. The van der Waals surface area contributed by atoms with E-state index in [0.29, 0.717) is 6.10 Å². The van der Waals surface area contributed by atoms with Crippen molar-refractivity contribution in [2.75, 3.05) is 13.2 Å². The first-order valence-electron chi connectivity index (χ1n) is 4.57. The summed E-state index contributed by atoms with van der Waals surface area (Å²) in [6, 6.07) is 0. The normalized spacial score (nSPS) is 34.1. The third-order valence-corrected chi connectivity index (χ3v) is 2.79. The van der Waals surface area contributed by atoms with Gasteiger partial charge in [-0.2, -0.15) is 0 Å². The Balaban J connectivity index is 2.33. The van der Waals surface area contributed by atoms with E-state index in [1.807, 2.05) is 0 Å². The van der Waals surface area contributed by atoms with Crippen LogP contribution < -0.4 is 5.73 Å². The van der Waals surface area contributed by atoms with Crippen molar-refractivity contribution in [2.24, 2.45) is 17.6 Å². The van der Waals surface area contributed by atoms with Gasteiger partial charge in [-0.05, 0) is 38.1 Å². The van der Waals surface area contributed by atoms with Gasteiger partial charge in [0, 0.05) is 6.61 Å². The summed E-state index contributed by atoms with van der Waals surface area (Å²) in [5.41, 5.74) is 5.50. The summed E-state index contributed by atoms with van der Waals surface area (Å²) in [7, 11) is 0. The molecular formula is C9H19NO. The lowest BCUT2D eigenvalue weighted by atomic mass is 9.86. The summed E-state index contributed by atoms with van der Waals surface area (Å²) in [5, 5.41) is 0. The molecular weight excluding hydrogens is 138 g/mol. The highest BCUT2D eigenvalue weighted by atomic mass is 16.5. The van der Waals surface area contributed by atoms with Crippen molar-refractivity contribution < 1.29 is 4.74 Å². The van der Waals surface area contributed by atoms with E-state index in [9.17, 15) is 0 Å². The fourth-order valence-electron chi connectivity index (χ4n) is 1.97. The largest absolute Gasteiger partial charge is 0.378 e. The SMILES string of the molecule is CC(CCN)C1CCOC1C. The first kappa shape index (κ1) is 9.01. The Bertz CT molecular complexity index is 116. The van der Waals surface area contributed by atoms with E-state index >= 15 is 0 Å². The summed E-state index contributed by atoms with van der Waals surface area (Å²) in [6.07, 6.45) is 2.82. The molecule has 3 atom stereocenters. The Morgan fingerprint density at radius 1 is 1.64 bits per heavy atom. The maximum atomic E-state index is 5.50.